The number of benzene rings is 5. The van der Waals surface area contributed by atoms with Crippen LogP contribution in [0.25, 0.3) is 56.3 Å². The van der Waals surface area contributed by atoms with Gasteiger partial charge in [0.2, 0.25) is 28.5 Å². The summed E-state index contributed by atoms with van der Waals surface area (Å²) >= 11 is 0. The van der Waals surface area contributed by atoms with Crippen LogP contribution in [0, 0.1) is 101 Å². The largest absolute Gasteiger partial charge is 0.212 e. The molecule has 5 aromatic heterocycles. The molecule has 0 N–H and O–H groups in total. The summed E-state index contributed by atoms with van der Waals surface area (Å²) in [7, 11) is 10.1. The number of aryl methyl sites for hydroxylation is 14. The fourth-order valence-electron chi connectivity index (χ4n) is 11.2. The number of pyridine rings is 5. The van der Waals surface area contributed by atoms with Crippen molar-refractivity contribution in [1.82, 2.24) is 0 Å². The SMILES string of the molecule is Cc1cc(-c2ccc(C)c(C)c2C)[n+](C)cc1C.Cc1ccccc1-c1ccc(CC(C)(C)C)c[n+]1C.[2H]C(C)(C)c1ccc(-c2ccccc2C)[n+](C)c1.[2H]C([2H])([2H])c1c[n+](C)c(-c2ccc(C([2H])([2H])[2H])c(C)c2C)cc1C.[2H]C([2H])(c1ccc(-c2ccccc2C)[n+](C)c1)C(C)C. The number of nitrogens with zero attached hydrogens (tertiary/aromatic N) is 5. The molecule has 0 radical (unpaired) electrons. The lowest BCUT2D eigenvalue weighted by atomic mass is 9.88. The molecule has 0 aliphatic rings. The molecule has 90 heavy (non-hydrogen) atoms. The van der Waals surface area contributed by atoms with Gasteiger partial charge in [0.1, 0.15) is 35.2 Å². The highest BCUT2D eigenvalue weighted by Gasteiger charge is 2.21. The second-order valence-corrected chi connectivity index (χ2v) is 26.4. The zero-order chi connectivity index (χ0) is 74.2. The molecule has 0 bridgehead atoms. The van der Waals surface area contributed by atoms with E-state index >= 15 is 0 Å². The van der Waals surface area contributed by atoms with E-state index in [9.17, 15) is 0 Å². The number of hydrogen-bond donors (Lipinski definition) is 0. The molecule has 0 fully saturated rings. The number of aromatic nitrogens is 5. The van der Waals surface area contributed by atoms with Gasteiger partial charge in [0, 0.05) is 98.3 Å². The molecular weight excluding hydrogens is 1090 g/mol. The van der Waals surface area contributed by atoms with E-state index in [1.165, 1.54) is 89.4 Å². The Morgan fingerprint density at radius 1 is 0.356 bits per heavy atom. The monoisotopic (exact) mass is 1210 g/mol. The summed E-state index contributed by atoms with van der Waals surface area (Å²) in [6.45, 7) is 33.0. The molecule has 0 spiro atoms. The van der Waals surface area contributed by atoms with Crippen LogP contribution in [0.3, 0.4) is 0 Å². The molecule has 5 heteroatoms. The zero-order valence-electron chi connectivity index (χ0n) is 67.8. The number of rotatable bonds is 9. The molecular formula is C85H110N5+5. The Morgan fingerprint density at radius 3 is 1.14 bits per heavy atom. The maximum absolute atomic E-state index is 8.19. The molecule has 10 rings (SSSR count). The van der Waals surface area contributed by atoms with E-state index in [0.29, 0.717) is 22.1 Å². The van der Waals surface area contributed by atoms with Gasteiger partial charge >= 0.3 is 0 Å². The molecule has 0 aliphatic heterocycles. The average molecular weight is 1210 g/mol. The third kappa shape index (κ3) is 18.7. The van der Waals surface area contributed by atoms with Crippen molar-refractivity contribution in [3.8, 4) is 56.3 Å². The molecule has 5 heterocycles. The van der Waals surface area contributed by atoms with Gasteiger partial charge in [-0.3, -0.25) is 0 Å². The summed E-state index contributed by atoms with van der Waals surface area (Å²) in [5, 5.41) is 0. The third-order valence-corrected chi connectivity index (χ3v) is 17.1. The van der Waals surface area contributed by atoms with E-state index in [4.69, 9.17) is 12.3 Å². The predicted molar refractivity (Wildman–Crippen MR) is 383 cm³/mol. The molecule has 0 atom stereocenters. The first-order valence-electron chi connectivity index (χ1n) is 36.2. The fraction of sp³-hybridized carbons (Fsp3) is 0.353. The molecule has 5 aromatic carbocycles. The number of hydrogen-bond acceptors (Lipinski definition) is 0. The lowest BCUT2D eigenvalue weighted by molar-refractivity contribution is -0.661. The molecule has 470 valence electrons. The maximum atomic E-state index is 8.19. The third-order valence-electron chi connectivity index (χ3n) is 17.1. The van der Waals surface area contributed by atoms with Crippen LogP contribution in [0.15, 0.2) is 177 Å². The van der Waals surface area contributed by atoms with Crippen LogP contribution >= 0.6 is 0 Å². The second-order valence-electron chi connectivity index (χ2n) is 26.4. The highest BCUT2D eigenvalue weighted by Crippen LogP contribution is 2.29. The lowest BCUT2D eigenvalue weighted by Crippen LogP contribution is -2.32. The average Bonchev–Trinajstić information content (AvgIpc) is 0.772. The van der Waals surface area contributed by atoms with Gasteiger partial charge in [-0.1, -0.05) is 115 Å². The summed E-state index contributed by atoms with van der Waals surface area (Å²) in [5.74, 6) is -0.603. The Balaban J connectivity index is 0.000000196. The summed E-state index contributed by atoms with van der Waals surface area (Å²) in [4.78, 5) is 0. The summed E-state index contributed by atoms with van der Waals surface area (Å²) in [6.07, 6.45) is 9.85. The molecule has 0 saturated carbocycles. The Labute approximate surface area is 558 Å². The van der Waals surface area contributed by atoms with E-state index < -0.39 is 26.0 Å². The van der Waals surface area contributed by atoms with Gasteiger partial charge in [-0.05, 0) is 230 Å². The van der Waals surface area contributed by atoms with E-state index in [1.807, 2.05) is 96.7 Å². The van der Waals surface area contributed by atoms with Crippen molar-refractivity contribution in [3.63, 3.8) is 0 Å². The molecule has 10 aromatic rings. The summed E-state index contributed by atoms with van der Waals surface area (Å²) in [5.41, 5.74) is 28.8. The first-order chi connectivity index (χ1) is 45.8. The quantitative estimate of drug-likeness (QED) is 0.128. The van der Waals surface area contributed by atoms with Gasteiger partial charge in [0.25, 0.3) is 0 Å². The smallest absolute Gasteiger partial charge is 0.201 e. The Kier molecular flexibility index (Phi) is 20.4. The Hall–Kier alpha value is -8.15. The Bertz CT molecular complexity index is 4470. The molecule has 0 amide bonds. The van der Waals surface area contributed by atoms with Crippen LogP contribution in [0.5, 0.6) is 0 Å². The molecule has 0 aliphatic carbocycles. The zero-order valence-corrected chi connectivity index (χ0v) is 58.8. The van der Waals surface area contributed by atoms with Crippen molar-refractivity contribution in [2.24, 2.45) is 46.6 Å². The fourth-order valence-corrected chi connectivity index (χ4v) is 11.2. The van der Waals surface area contributed by atoms with Crippen LogP contribution in [0.2, 0.25) is 0 Å². The maximum Gasteiger partial charge on any atom is 0.212 e. The van der Waals surface area contributed by atoms with Crippen LogP contribution in [-0.2, 0) is 48.0 Å². The van der Waals surface area contributed by atoms with E-state index in [2.05, 4.69) is 226 Å². The van der Waals surface area contributed by atoms with Gasteiger partial charge < -0.3 is 0 Å². The lowest BCUT2D eigenvalue weighted by Gasteiger charge is -2.17. The minimum Gasteiger partial charge on any atom is -0.201 e. The van der Waals surface area contributed by atoms with Crippen molar-refractivity contribution in [3.05, 3.63) is 266 Å². The molecule has 0 unspecified atom stereocenters. The highest BCUT2D eigenvalue weighted by molar-refractivity contribution is 5.67. The Morgan fingerprint density at radius 2 is 0.733 bits per heavy atom. The van der Waals surface area contributed by atoms with Gasteiger partial charge in [-0.25, -0.2) is 22.8 Å². The van der Waals surface area contributed by atoms with Crippen LogP contribution in [0.1, 0.15) is 156 Å². The van der Waals surface area contributed by atoms with Gasteiger partial charge in [-0.2, -0.15) is 0 Å². The van der Waals surface area contributed by atoms with Crippen LogP contribution < -0.4 is 22.8 Å². The summed E-state index contributed by atoms with van der Waals surface area (Å²) in [6, 6.07) is 49.8. The topological polar surface area (TPSA) is 19.4 Å². The van der Waals surface area contributed by atoms with E-state index in [1.54, 1.807) is 36.9 Å². The van der Waals surface area contributed by atoms with Crippen molar-refractivity contribution >= 4 is 0 Å². The van der Waals surface area contributed by atoms with Gasteiger partial charge in [0.05, 0.1) is 0 Å². The minimum atomic E-state index is -2.16. The van der Waals surface area contributed by atoms with Crippen LogP contribution in [-0.4, -0.2) is 0 Å². The van der Waals surface area contributed by atoms with Crippen molar-refractivity contribution in [1.29, 1.82) is 0 Å². The predicted octanol–water partition coefficient (Wildman–Crippen LogP) is 18.8. The molecule has 0 saturated heterocycles. The first-order valence-corrected chi connectivity index (χ1v) is 31.7. The first kappa shape index (κ1) is 58.2. The standard InChI is InChI=1S/C18H24N.3C17H22N.C16H20N/c1-14-8-6-7-9-16(14)17-11-10-15(13-19(17)5)12-18(2,3)4;2*1-11-7-8-16(15(5)14(11)4)17-9-12(2)13(3)10-18(17)6;1-13(2)11-15-9-10-17(18(4)12-15)16-8-6-5-7-14(16)3;1-12(2)14-9-10-16(17(4)11-14)15-8-6-5-7-13(15)3/h6-11,13H,12H2,1-5H3;2*7-10H,1-6H3;5-10,12-13H,11H2,1-4H3;5-12H,1-4H3/q5*+1/i;1D3,3D3;;11D2;12D. The second kappa shape index (κ2) is 31.5. The normalized spacial score (nSPS) is 13.0. The van der Waals surface area contributed by atoms with E-state index in [0.717, 1.165) is 45.6 Å². The van der Waals surface area contributed by atoms with Crippen molar-refractivity contribution in [2.45, 2.75) is 157 Å². The van der Waals surface area contributed by atoms with Gasteiger partial charge in [0.15, 0.2) is 31.0 Å². The minimum absolute atomic E-state index is 0.0492. The van der Waals surface area contributed by atoms with E-state index in [-0.39, 0.29) is 5.92 Å². The van der Waals surface area contributed by atoms with Crippen LogP contribution in [0.4, 0.5) is 0 Å². The van der Waals surface area contributed by atoms with Crippen molar-refractivity contribution in [2.75, 3.05) is 0 Å². The molecule has 5 nitrogen and oxygen atoms in total. The van der Waals surface area contributed by atoms with Gasteiger partial charge in [-0.15, -0.1) is 0 Å². The highest BCUT2D eigenvalue weighted by atomic mass is 14.9. The van der Waals surface area contributed by atoms with Crippen molar-refractivity contribution < 1.29 is 35.2 Å². The summed E-state index contributed by atoms with van der Waals surface area (Å²) < 4.78 is 80.5.